The van der Waals surface area contributed by atoms with Crippen molar-refractivity contribution in [1.82, 2.24) is 5.32 Å². The summed E-state index contributed by atoms with van der Waals surface area (Å²) in [6.45, 7) is 4.14. The molecule has 2 atom stereocenters. The Hall–Kier alpha value is -2.95. The fraction of sp³-hybridized carbons (Fsp3) is 0.648. The highest BCUT2D eigenvalue weighted by atomic mass is 16.3. The Balaban J connectivity index is 3.57. The van der Waals surface area contributed by atoms with E-state index in [1.807, 2.05) is 6.08 Å². The SMILES string of the molecule is CC/C=C\C/C=C\C/C=C\C/C=C\C/C=C\C/C=C\C/C=C\CCCCCCCCCCCCCCCC(=O)NC(CO)C(O)/C=C/CC/C=C/CCCCCCC. The van der Waals surface area contributed by atoms with Gasteiger partial charge in [-0.15, -0.1) is 0 Å². The monoisotopic (exact) mass is 802 g/mol. The Morgan fingerprint density at radius 2 is 0.776 bits per heavy atom. The first kappa shape index (κ1) is 55.0. The Kier molecular flexibility index (Phi) is 46.0. The van der Waals surface area contributed by atoms with E-state index in [-0.39, 0.29) is 12.5 Å². The first-order valence-electron chi connectivity index (χ1n) is 24.1. The van der Waals surface area contributed by atoms with Crippen LogP contribution >= 0.6 is 0 Å². The largest absolute Gasteiger partial charge is 0.394 e. The first-order valence-corrected chi connectivity index (χ1v) is 24.1. The van der Waals surface area contributed by atoms with Gasteiger partial charge in [0, 0.05) is 6.42 Å². The maximum Gasteiger partial charge on any atom is 0.220 e. The van der Waals surface area contributed by atoms with Crippen molar-refractivity contribution in [1.29, 1.82) is 0 Å². The van der Waals surface area contributed by atoms with Gasteiger partial charge in [-0.2, -0.15) is 0 Å². The summed E-state index contributed by atoms with van der Waals surface area (Å²) in [7, 11) is 0. The molecule has 0 heterocycles. The van der Waals surface area contributed by atoms with Crippen molar-refractivity contribution >= 4 is 5.91 Å². The Morgan fingerprint density at radius 3 is 1.21 bits per heavy atom. The molecule has 3 N–H and O–H groups in total. The quantitative estimate of drug-likeness (QED) is 0.0425. The van der Waals surface area contributed by atoms with Crippen molar-refractivity contribution in [3.63, 3.8) is 0 Å². The van der Waals surface area contributed by atoms with Crippen LogP contribution in [0, 0.1) is 0 Å². The van der Waals surface area contributed by atoms with Crippen LogP contribution in [0.2, 0.25) is 0 Å². The summed E-state index contributed by atoms with van der Waals surface area (Å²) in [5, 5.41) is 22.9. The summed E-state index contributed by atoms with van der Waals surface area (Å²) >= 11 is 0. The Bertz CT molecular complexity index is 1140. The normalized spacial score (nSPS) is 13.9. The number of carbonyl (C=O) groups excluding carboxylic acids is 1. The van der Waals surface area contributed by atoms with Gasteiger partial charge < -0.3 is 15.5 Å². The van der Waals surface area contributed by atoms with E-state index in [0.717, 1.165) is 77.0 Å². The number of carbonyl (C=O) groups is 1. The molecule has 0 aliphatic rings. The molecule has 0 aromatic heterocycles. The second kappa shape index (κ2) is 48.4. The van der Waals surface area contributed by atoms with Gasteiger partial charge in [0.1, 0.15) is 0 Å². The van der Waals surface area contributed by atoms with Crippen LogP contribution in [-0.4, -0.2) is 34.9 Å². The minimum atomic E-state index is -0.866. The van der Waals surface area contributed by atoms with E-state index >= 15 is 0 Å². The van der Waals surface area contributed by atoms with E-state index in [0.29, 0.717) is 6.42 Å². The second-order valence-electron chi connectivity index (χ2n) is 15.8. The van der Waals surface area contributed by atoms with E-state index in [1.165, 1.54) is 109 Å². The lowest BCUT2D eigenvalue weighted by Gasteiger charge is -2.19. The van der Waals surface area contributed by atoms with Crippen molar-refractivity contribution in [2.75, 3.05) is 6.61 Å². The van der Waals surface area contributed by atoms with Gasteiger partial charge in [-0.25, -0.2) is 0 Å². The third-order valence-electron chi connectivity index (χ3n) is 10.2. The van der Waals surface area contributed by atoms with E-state index < -0.39 is 12.1 Å². The Labute approximate surface area is 359 Å². The number of allylic oxidation sites excluding steroid dienone is 17. The molecule has 2 unspecified atom stereocenters. The van der Waals surface area contributed by atoms with Crippen LogP contribution in [0.5, 0.6) is 0 Å². The maximum absolute atomic E-state index is 12.4. The molecular formula is C54H91NO3. The molecule has 0 radical (unpaired) electrons. The molecule has 330 valence electrons. The zero-order valence-electron chi connectivity index (χ0n) is 37.8. The van der Waals surface area contributed by atoms with Crippen LogP contribution in [0.3, 0.4) is 0 Å². The smallest absolute Gasteiger partial charge is 0.220 e. The van der Waals surface area contributed by atoms with Crippen LogP contribution in [0.25, 0.3) is 0 Å². The highest BCUT2D eigenvalue weighted by Crippen LogP contribution is 2.14. The molecular weight excluding hydrogens is 711 g/mol. The number of unbranched alkanes of at least 4 members (excludes halogenated alkanes) is 19. The predicted octanol–water partition coefficient (Wildman–Crippen LogP) is 15.6. The van der Waals surface area contributed by atoms with Crippen LogP contribution in [0.15, 0.2) is 109 Å². The van der Waals surface area contributed by atoms with Gasteiger partial charge >= 0.3 is 0 Å². The van der Waals surface area contributed by atoms with Gasteiger partial charge in [-0.1, -0.05) is 220 Å². The van der Waals surface area contributed by atoms with Crippen LogP contribution in [-0.2, 0) is 4.79 Å². The molecule has 0 aromatic rings. The lowest BCUT2D eigenvalue weighted by atomic mass is 10.0. The van der Waals surface area contributed by atoms with E-state index in [1.54, 1.807) is 6.08 Å². The molecule has 0 aliphatic heterocycles. The molecule has 1 amide bonds. The maximum atomic E-state index is 12.4. The second-order valence-corrected chi connectivity index (χ2v) is 15.8. The third-order valence-corrected chi connectivity index (χ3v) is 10.2. The molecule has 0 spiro atoms. The first-order chi connectivity index (χ1) is 28.7. The molecule has 0 saturated heterocycles. The van der Waals surface area contributed by atoms with Gasteiger partial charge in [0.05, 0.1) is 18.8 Å². The number of hydrogen-bond acceptors (Lipinski definition) is 3. The van der Waals surface area contributed by atoms with E-state index in [2.05, 4.69) is 116 Å². The number of hydrogen-bond donors (Lipinski definition) is 3. The summed E-state index contributed by atoms with van der Waals surface area (Å²) in [6, 6.07) is -0.644. The number of aliphatic hydroxyl groups excluding tert-OH is 2. The lowest BCUT2D eigenvalue weighted by molar-refractivity contribution is -0.123. The molecule has 4 heteroatoms. The van der Waals surface area contributed by atoms with Gasteiger partial charge in [0.15, 0.2) is 0 Å². The minimum absolute atomic E-state index is 0.0818. The highest BCUT2D eigenvalue weighted by Gasteiger charge is 2.17. The fourth-order valence-electron chi connectivity index (χ4n) is 6.58. The van der Waals surface area contributed by atoms with Crippen molar-refractivity contribution in [3.8, 4) is 0 Å². The summed E-state index contributed by atoms with van der Waals surface area (Å²) in [5.41, 5.74) is 0. The van der Waals surface area contributed by atoms with Crippen LogP contribution in [0.4, 0.5) is 0 Å². The molecule has 0 saturated carbocycles. The average molecular weight is 802 g/mol. The average Bonchev–Trinajstić information content (AvgIpc) is 3.23. The zero-order chi connectivity index (χ0) is 42.1. The number of rotatable bonds is 42. The van der Waals surface area contributed by atoms with Gasteiger partial charge in [-0.05, 0) is 89.9 Å². The van der Waals surface area contributed by atoms with Gasteiger partial charge in [0.25, 0.3) is 0 Å². The van der Waals surface area contributed by atoms with Crippen molar-refractivity contribution < 1.29 is 15.0 Å². The number of amides is 1. The molecule has 0 bridgehead atoms. The van der Waals surface area contributed by atoms with Crippen LogP contribution in [0.1, 0.15) is 206 Å². The molecule has 4 nitrogen and oxygen atoms in total. The third kappa shape index (κ3) is 44.2. The van der Waals surface area contributed by atoms with E-state index in [4.69, 9.17) is 0 Å². The van der Waals surface area contributed by atoms with Crippen LogP contribution < -0.4 is 5.32 Å². The molecule has 0 aliphatic carbocycles. The highest BCUT2D eigenvalue weighted by molar-refractivity contribution is 5.76. The molecule has 0 fully saturated rings. The lowest BCUT2D eigenvalue weighted by Crippen LogP contribution is -2.45. The fourth-order valence-corrected chi connectivity index (χ4v) is 6.58. The van der Waals surface area contributed by atoms with E-state index in [9.17, 15) is 15.0 Å². The van der Waals surface area contributed by atoms with Crippen molar-refractivity contribution in [3.05, 3.63) is 109 Å². The molecule has 0 aromatic carbocycles. The van der Waals surface area contributed by atoms with Gasteiger partial charge in [-0.3, -0.25) is 4.79 Å². The molecule has 0 rings (SSSR count). The zero-order valence-corrected chi connectivity index (χ0v) is 37.8. The predicted molar refractivity (Wildman–Crippen MR) is 257 cm³/mol. The summed E-state index contributed by atoms with van der Waals surface area (Å²) in [4.78, 5) is 12.4. The summed E-state index contributed by atoms with van der Waals surface area (Å²) < 4.78 is 0. The topological polar surface area (TPSA) is 69.6 Å². The number of nitrogens with one attached hydrogen (secondary N) is 1. The number of aliphatic hydroxyl groups is 2. The minimum Gasteiger partial charge on any atom is -0.394 e. The summed E-state index contributed by atoms with van der Waals surface area (Å²) in [5.74, 6) is -0.0818. The summed E-state index contributed by atoms with van der Waals surface area (Å²) in [6.07, 6.45) is 73.6. The Morgan fingerprint density at radius 1 is 0.431 bits per heavy atom. The van der Waals surface area contributed by atoms with Gasteiger partial charge in [0.2, 0.25) is 5.91 Å². The molecule has 58 heavy (non-hydrogen) atoms. The van der Waals surface area contributed by atoms with Crippen molar-refractivity contribution in [2.45, 2.75) is 219 Å². The van der Waals surface area contributed by atoms with Crippen molar-refractivity contribution in [2.24, 2.45) is 0 Å². The standard InChI is InChI=1S/C54H91NO3/c1-3-5-7-9-11-13-15-16-17-18-19-20-21-22-23-24-25-26-27-28-29-30-31-32-33-34-35-36-37-38-40-42-44-46-48-50-54(58)55-52(51-56)53(57)49-47-45-43-41-39-14-12-10-8-6-4-2/h5,7,11,13,16-17,19-20,22-23,25-26,28-29,39,41,47,49,52-53,56-57H,3-4,6,8-10,12,14-15,18,21,24,27,30-38,40,42-46,48,50-51H2,1-2H3,(H,55,58)/b7-5-,13-11-,17-16-,20-19-,23-22-,26-25-,29-28-,41-39+,49-47+.